The van der Waals surface area contributed by atoms with Gasteiger partial charge < -0.3 is 0 Å². The van der Waals surface area contributed by atoms with Gasteiger partial charge >= 0.3 is 0 Å². The number of hydrogen-bond donors (Lipinski definition) is 0. The highest BCUT2D eigenvalue weighted by atomic mass is 14.8. The van der Waals surface area contributed by atoms with Crippen molar-refractivity contribution in [2.24, 2.45) is 0 Å². The van der Waals surface area contributed by atoms with E-state index in [1.807, 2.05) is 109 Å². The molecule has 0 aliphatic carbocycles. The fraction of sp³-hybridized carbons (Fsp3) is 0. The molecule has 6 heteroatoms. The van der Waals surface area contributed by atoms with Crippen LogP contribution < -0.4 is 0 Å². The van der Waals surface area contributed by atoms with Gasteiger partial charge in [0.1, 0.15) is 0 Å². The van der Waals surface area contributed by atoms with Gasteiger partial charge in [0.25, 0.3) is 0 Å². The molecule has 0 aliphatic rings. The quantitative estimate of drug-likeness (QED) is 0.184. The lowest BCUT2D eigenvalue weighted by Crippen LogP contribution is -2.00. The molecule has 0 spiro atoms. The molecule has 0 fully saturated rings. The van der Waals surface area contributed by atoms with E-state index in [0.29, 0.717) is 44.4 Å². The molecule has 0 bridgehead atoms. The smallest absolute Gasteiger partial charge is 0.0999 e. The van der Waals surface area contributed by atoms with E-state index in [2.05, 4.69) is 18.2 Å². The van der Waals surface area contributed by atoms with Crippen LogP contribution >= 0.6 is 0 Å². The maximum Gasteiger partial charge on any atom is 0.0999 e. The van der Waals surface area contributed by atoms with Crippen LogP contribution in [0.1, 0.15) is 16.7 Å². The summed E-state index contributed by atoms with van der Waals surface area (Å²) in [5.74, 6) is 0. The summed E-state index contributed by atoms with van der Waals surface area (Å²) in [6.07, 6.45) is 0. The Hall–Kier alpha value is -7.20. The Labute approximate surface area is 276 Å². The molecule has 0 saturated heterocycles. The average Bonchev–Trinajstić information content (AvgIpc) is 3.17. The fourth-order valence-corrected chi connectivity index (χ4v) is 6.39. The third kappa shape index (κ3) is 4.68. The molecule has 0 radical (unpaired) electrons. The summed E-state index contributed by atoms with van der Waals surface area (Å²) in [6.45, 7) is 0. The number of nitriles is 3. The molecule has 2 heterocycles. The van der Waals surface area contributed by atoms with Crippen LogP contribution in [0.4, 0.5) is 0 Å². The van der Waals surface area contributed by atoms with Crippen LogP contribution in [-0.2, 0) is 0 Å². The van der Waals surface area contributed by atoms with E-state index in [1.54, 1.807) is 24.3 Å². The van der Waals surface area contributed by atoms with Gasteiger partial charge in [-0.1, -0.05) is 103 Å². The van der Waals surface area contributed by atoms with Crippen molar-refractivity contribution in [1.29, 1.82) is 15.8 Å². The van der Waals surface area contributed by atoms with E-state index in [1.165, 1.54) is 0 Å². The Morgan fingerprint density at radius 3 is 1.62 bits per heavy atom. The Balaban J connectivity index is 1.53. The van der Waals surface area contributed by atoms with Gasteiger partial charge in [0, 0.05) is 32.8 Å². The van der Waals surface area contributed by atoms with Crippen molar-refractivity contribution in [2.45, 2.75) is 0 Å². The molecule has 0 unspecified atom stereocenters. The van der Waals surface area contributed by atoms with Crippen molar-refractivity contribution < 1.29 is 0 Å². The van der Waals surface area contributed by atoms with Gasteiger partial charge in [0.15, 0.2) is 0 Å². The fourth-order valence-electron chi connectivity index (χ4n) is 6.39. The molecule has 0 atom stereocenters. The summed E-state index contributed by atoms with van der Waals surface area (Å²) in [4.78, 5) is 15.7. The van der Waals surface area contributed by atoms with E-state index in [4.69, 9.17) is 15.0 Å². The van der Waals surface area contributed by atoms with Crippen molar-refractivity contribution in [3.8, 4) is 63.1 Å². The second-order valence-corrected chi connectivity index (χ2v) is 11.4. The second-order valence-electron chi connectivity index (χ2n) is 11.4. The minimum Gasteiger partial charge on any atom is -0.247 e. The summed E-state index contributed by atoms with van der Waals surface area (Å²) < 4.78 is 0. The maximum absolute atomic E-state index is 10.7. The third-order valence-corrected chi connectivity index (χ3v) is 8.50. The topological polar surface area (TPSA) is 110 Å². The molecule has 6 aromatic carbocycles. The Kier molecular flexibility index (Phi) is 6.85. The lowest BCUT2D eigenvalue weighted by atomic mass is 9.90. The van der Waals surface area contributed by atoms with Crippen molar-refractivity contribution in [3.63, 3.8) is 0 Å². The molecular weight excluding hydrogens is 589 g/mol. The Morgan fingerprint density at radius 2 is 0.979 bits per heavy atom. The van der Waals surface area contributed by atoms with Gasteiger partial charge in [-0.05, 0) is 41.5 Å². The number of para-hydroxylation sites is 1. The minimum atomic E-state index is 0.386. The van der Waals surface area contributed by atoms with Gasteiger partial charge in [-0.25, -0.2) is 15.0 Å². The molecule has 220 valence electrons. The van der Waals surface area contributed by atoms with Gasteiger partial charge in [-0.3, -0.25) is 0 Å². The first-order valence-corrected chi connectivity index (χ1v) is 15.3. The van der Waals surface area contributed by atoms with Crippen molar-refractivity contribution in [1.82, 2.24) is 15.0 Å². The second kappa shape index (κ2) is 11.6. The van der Waals surface area contributed by atoms with E-state index >= 15 is 0 Å². The highest BCUT2D eigenvalue weighted by Gasteiger charge is 2.23. The van der Waals surface area contributed by atoms with Crippen LogP contribution in [0.15, 0.2) is 133 Å². The van der Waals surface area contributed by atoms with Gasteiger partial charge in [-0.2, -0.15) is 15.8 Å². The summed E-state index contributed by atoms with van der Waals surface area (Å²) in [6, 6.07) is 49.3. The molecule has 0 N–H and O–H groups in total. The van der Waals surface area contributed by atoms with E-state index in [-0.39, 0.29) is 0 Å². The average molecular weight is 611 g/mol. The zero-order valence-corrected chi connectivity index (χ0v) is 25.4. The zero-order chi connectivity index (χ0) is 32.6. The van der Waals surface area contributed by atoms with Gasteiger partial charge in [0.2, 0.25) is 0 Å². The van der Waals surface area contributed by atoms with Crippen molar-refractivity contribution >= 4 is 32.7 Å². The molecule has 0 aliphatic heterocycles. The van der Waals surface area contributed by atoms with E-state index in [0.717, 1.165) is 49.9 Å². The van der Waals surface area contributed by atoms with Crippen LogP contribution in [0.5, 0.6) is 0 Å². The molecule has 6 nitrogen and oxygen atoms in total. The number of fused-ring (bicyclic) bond motifs is 5. The number of aromatic nitrogens is 3. The van der Waals surface area contributed by atoms with Crippen LogP contribution in [-0.4, -0.2) is 15.0 Å². The summed E-state index contributed by atoms with van der Waals surface area (Å²) in [5, 5.41) is 32.4. The first-order valence-electron chi connectivity index (χ1n) is 15.3. The van der Waals surface area contributed by atoms with E-state index in [9.17, 15) is 15.8 Å². The molecule has 48 heavy (non-hydrogen) atoms. The Morgan fingerprint density at radius 1 is 0.417 bits per heavy atom. The van der Waals surface area contributed by atoms with Crippen LogP contribution in [0.2, 0.25) is 0 Å². The molecule has 8 aromatic rings. The minimum absolute atomic E-state index is 0.386. The molecular formula is C42H22N6. The van der Waals surface area contributed by atoms with Gasteiger partial charge in [-0.15, -0.1) is 0 Å². The SMILES string of the molecule is N#Cc1cc(C#N)cc(-c2ccccc2-c2nc3ccccc3c3c2c(C#N)cc2nc(-c4ccccc4)c(-c4ccccc4)nc23)c1. The number of pyridine rings is 1. The third-order valence-electron chi connectivity index (χ3n) is 8.50. The normalized spacial score (nSPS) is 10.9. The number of hydrogen-bond acceptors (Lipinski definition) is 6. The summed E-state index contributed by atoms with van der Waals surface area (Å²) in [5.41, 5.74) is 9.39. The van der Waals surface area contributed by atoms with E-state index < -0.39 is 0 Å². The first-order chi connectivity index (χ1) is 23.7. The summed E-state index contributed by atoms with van der Waals surface area (Å²) >= 11 is 0. The monoisotopic (exact) mass is 610 g/mol. The lowest BCUT2D eigenvalue weighted by molar-refractivity contribution is 1.30. The predicted molar refractivity (Wildman–Crippen MR) is 188 cm³/mol. The zero-order valence-electron chi connectivity index (χ0n) is 25.4. The number of nitrogens with zero attached hydrogens (tertiary/aromatic N) is 6. The largest absolute Gasteiger partial charge is 0.247 e. The van der Waals surface area contributed by atoms with Crippen LogP contribution in [0.25, 0.3) is 77.6 Å². The number of rotatable bonds is 4. The van der Waals surface area contributed by atoms with Crippen LogP contribution in [0.3, 0.4) is 0 Å². The lowest BCUT2D eigenvalue weighted by Gasteiger charge is -2.17. The highest BCUT2D eigenvalue weighted by molar-refractivity contribution is 6.23. The highest BCUT2D eigenvalue weighted by Crippen LogP contribution is 2.43. The molecule has 0 amide bonds. The molecule has 8 rings (SSSR count). The van der Waals surface area contributed by atoms with Crippen LogP contribution in [0, 0.1) is 34.0 Å². The summed E-state index contributed by atoms with van der Waals surface area (Å²) in [7, 11) is 0. The standard InChI is InChI=1S/C42H22N6/c43-23-26-19-27(24-44)21-30(20-26)32-15-7-8-16-33(32)41-37-31(25-45)22-36-42(38(37)34-17-9-10-18-35(34)46-41)48-40(29-13-5-2-6-14-29)39(47-36)28-11-3-1-4-12-28/h1-22H. The number of benzene rings is 6. The Bertz CT molecular complexity index is 2660. The maximum atomic E-state index is 10.7. The van der Waals surface area contributed by atoms with Gasteiger partial charge in [0.05, 0.1) is 68.5 Å². The first kappa shape index (κ1) is 28.3. The predicted octanol–water partition coefficient (Wildman–Crippen LogP) is 9.61. The van der Waals surface area contributed by atoms with Crippen molar-refractivity contribution in [2.75, 3.05) is 0 Å². The molecule has 2 aromatic heterocycles. The van der Waals surface area contributed by atoms with Crippen molar-refractivity contribution in [3.05, 3.63) is 150 Å². The molecule has 0 saturated carbocycles.